The molecule has 1 aliphatic heterocycles. The molecule has 0 radical (unpaired) electrons. The van der Waals surface area contributed by atoms with E-state index < -0.39 is 6.04 Å². The van der Waals surface area contributed by atoms with Crippen LogP contribution in [0.2, 0.25) is 0 Å². The van der Waals surface area contributed by atoms with Crippen molar-refractivity contribution in [3.63, 3.8) is 0 Å². The number of nitriles is 1. The molecule has 0 bridgehead atoms. The minimum atomic E-state index is -0.541. The molecule has 1 aromatic rings. The van der Waals surface area contributed by atoms with Crippen molar-refractivity contribution < 1.29 is 4.79 Å². The number of hydrogen-bond acceptors (Lipinski definition) is 3. The Bertz CT molecular complexity index is 435. The van der Waals surface area contributed by atoms with Crippen molar-refractivity contribution in [2.45, 2.75) is 30.6 Å². The van der Waals surface area contributed by atoms with Crippen LogP contribution in [0, 0.1) is 11.3 Å². The molecule has 1 saturated heterocycles. The summed E-state index contributed by atoms with van der Waals surface area (Å²) in [7, 11) is 0. The SMILES string of the molecule is N#CC(NC(=O)C1CCCCS1)c1ccccc1. The molecule has 1 N–H and O–H groups in total. The number of hydrogen-bond donors (Lipinski definition) is 1. The maximum absolute atomic E-state index is 12.1. The van der Waals surface area contributed by atoms with E-state index in [4.69, 9.17) is 5.26 Å². The van der Waals surface area contributed by atoms with Gasteiger partial charge in [-0.05, 0) is 24.2 Å². The van der Waals surface area contributed by atoms with Crippen molar-refractivity contribution in [3.8, 4) is 6.07 Å². The van der Waals surface area contributed by atoms with Gasteiger partial charge < -0.3 is 5.32 Å². The lowest BCUT2D eigenvalue weighted by Gasteiger charge is -2.22. The summed E-state index contributed by atoms with van der Waals surface area (Å²) >= 11 is 1.70. The zero-order valence-electron chi connectivity index (χ0n) is 10.1. The molecule has 0 aromatic heterocycles. The van der Waals surface area contributed by atoms with Crippen molar-refractivity contribution in [3.05, 3.63) is 35.9 Å². The smallest absolute Gasteiger partial charge is 0.234 e. The number of carbonyl (C=O) groups is 1. The highest BCUT2D eigenvalue weighted by atomic mass is 32.2. The van der Waals surface area contributed by atoms with Gasteiger partial charge in [-0.25, -0.2) is 0 Å². The van der Waals surface area contributed by atoms with Gasteiger partial charge in [-0.2, -0.15) is 5.26 Å². The number of thioether (sulfide) groups is 1. The second kappa shape index (κ2) is 6.46. The second-order valence-corrected chi connectivity index (χ2v) is 5.65. The Morgan fingerprint density at radius 3 is 2.78 bits per heavy atom. The third kappa shape index (κ3) is 3.27. The molecule has 1 fully saturated rings. The highest BCUT2D eigenvalue weighted by Gasteiger charge is 2.24. The average Bonchev–Trinajstić information content (AvgIpc) is 2.46. The summed E-state index contributed by atoms with van der Waals surface area (Å²) in [4.78, 5) is 12.1. The first kappa shape index (κ1) is 13.0. The van der Waals surface area contributed by atoms with Gasteiger partial charge in [0.2, 0.25) is 5.91 Å². The van der Waals surface area contributed by atoms with Crippen molar-refractivity contribution in [2.75, 3.05) is 5.75 Å². The van der Waals surface area contributed by atoms with Crippen LogP contribution in [0.5, 0.6) is 0 Å². The van der Waals surface area contributed by atoms with E-state index >= 15 is 0 Å². The third-order valence-electron chi connectivity index (χ3n) is 3.02. The van der Waals surface area contributed by atoms with Crippen molar-refractivity contribution in [1.29, 1.82) is 5.26 Å². The molecule has 2 unspecified atom stereocenters. The third-order valence-corrected chi connectivity index (χ3v) is 4.40. The van der Waals surface area contributed by atoms with Crippen LogP contribution < -0.4 is 5.32 Å². The minimum absolute atomic E-state index is 0.00453. The number of nitrogens with one attached hydrogen (secondary N) is 1. The van der Waals surface area contributed by atoms with E-state index in [0.29, 0.717) is 0 Å². The lowest BCUT2D eigenvalue weighted by molar-refractivity contribution is -0.121. The summed E-state index contributed by atoms with van der Waals surface area (Å²) in [6.07, 6.45) is 3.21. The fourth-order valence-electron chi connectivity index (χ4n) is 2.02. The molecule has 3 nitrogen and oxygen atoms in total. The highest BCUT2D eigenvalue weighted by Crippen LogP contribution is 2.25. The molecule has 2 rings (SSSR count). The zero-order valence-corrected chi connectivity index (χ0v) is 11.0. The fraction of sp³-hybridized carbons (Fsp3) is 0.429. The number of nitrogens with zero attached hydrogens (tertiary/aromatic N) is 1. The summed E-state index contributed by atoms with van der Waals surface area (Å²) in [5.41, 5.74) is 0.842. The van der Waals surface area contributed by atoms with E-state index in [1.165, 1.54) is 6.42 Å². The lowest BCUT2D eigenvalue weighted by atomic mass is 10.1. The first-order chi connectivity index (χ1) is 8.81. The van der Waals surface area contributed by atoms with Gasteiger partial charge in [0.05, 0.1) is 11.3 Å². The lowest BCUT2D eigenvalue weighted by Crippen LogP contribution is -2.36. The normalized spacial score (nSPS) is 20.7. The molecule has 94 valence electrons. The minimum Gasteiger partial charge on any atom is -0.336 e. The van der Waals surface area contributed by atoms with Crippen molar-refractivity contribution in [1.82, 2.24) is 5.32 Å². The Balaban J connectivity index is 1.98. The molecule has 18 heavy (non-hydrogen) atoms. The summed E-state index contributed by atoms with van der Waals surface area (Å²) < 4.78 is 0. The Kier molecular flexibility index (Phi) is 4.66. The van der Waals surface area contributed by atoms with E-state index in [1.54, 1.807) is 11.8 Å². The van der Waals surface area contributed by atoms with Crippen LogP contribution in [0.1, 0.15) is 30.9 Å². The fourth-order valence-corrected chi connectivity index (χ4v) is 3.23. The van der Waals surface area contributed by atoms with Gasteiger partial charge in [-0.3, -0.25) is 4.79 Å². The second-order valence-electron chi connectivity index (χ2n) is 4.34. The average molecular weight is 260 g/mol. The van der Waals surface area contributed by atoms with Gasteiger partial charge >= 0.3 is 0 Å². The Labute approximate surface area is 112 Å². The van der Waals surface area contributed by atoms with Gasteiger partial charge in [0.15, 0.2) is 0 Å². The molecule has 1 aliphatic rings. The van der Waals surface area contributed by atoms with Crippen LogP contribution in [0.15, 0.2) is 30.3 Å². The van der Waals surface area contributed by atoms with Crippen LogP contribution in [0.25, 0.3) is 0 Å². The molecule has 2 atom stereocenters. The summed E-state index contributed by atoms with van der Waals surface area (Å²) in [6, 6.07) is 11.0. The van der Waals surface area contributed by atoms with Crippen molar-refractivity contribution in [2.24, 2.45) is 0 Å². The quantitative estimate of drug-likeness (QED) is 0.909. The summed E-state index contributed by atoms with van der Waals surface area (Å²) in [5.74, 6) is 1.04. The molecule has 1 heterocycles. The summed E-state index contributed by atoms with van der Waals surface area (Å²) in [6.45, 7) is 0. The van der Waals surface area contributed by atoms with E-state index in [-0.39, 0.29) is 11.2 Å². The van der Waals surface area contributed by atoms with Gasteiger partial charge in [-0.15, -0.1) is 11.8 Å². The number of carbonyl (C=O) groups excluding carboxylic acids is 1. The number of rotatable bonds is 3. The summed E-state index contributed by atoms with van der Waals surface area (Å²) in [5, 5.41) is 12.0. The van der Waals surface area contributed by atoms with Crippen LogP contribution in [-0.4, -0.2) is 16.9 Å². The van der Waals surface area contributed by atoms with Crippen LogP contribution >= 0.6 is 11.8 Å². The van der Waals surface area contributed by atoms with Gasteiger partial charge in [0, 0.05) is 0 Å². The maximum atomic E-state index is 12.1. The van der Waals surface area contributed by atoms with Gasteiger partial charge in [0.1, 0.15) is 6.04 Å². The zero-order chi connectivity index (χ0) is 12.8. The molecule has 1 amide bonds. The topological polar surface area (TPSA) is 52.9 Å². The van der Waals surface area contributed by atoms with E-state index in [2.05, 4.69) is 11.4 Å². The Hall–Kier alpha value is -1.47. The molecule has 0 saturated carbocycles. The van der Waals surface area contributed by atoms with Gasteiger partial charge in [-0.1, -0.05) is 36.8 Å². The predicted octanol–water partition coefficient (Wildman–Crippen LogP) is 2.65. The van der Waals surface area contributed by atoms with Gasteiger partial charge in [0.25, 0.3) is 0 Å². The molecule has 0 aliphatic carbocycles. The van der Waals surface area contributed by atoms with E-state index in [9.17, 15) is 4.79 Å². The number of amides is 1. The van der Waals surface area contributed by atoms with E-state index in [1.807, 2.05) is 30.3 Å². The van der Waals surface area contributed by atoms with Crippen LogP contribution in [0.3, 0.4) is 0 Å². The first-order valence-corrected chi connectivity index (χ1v) is 7.22. The van der Waals surface area contributed by atoms with Crippen LogP contribution in [0.4, 0.5) is 0 Å². The standard InChI is InChI=1S/C14H16N2OS/c15-10-12(11-6-2-1-3-7-11)16-14(17)13-8-4-5-9-18-13/h1-3,6-7,12-13H,4-5,8-9H2,(H,16,17). The highest BCUT2D eigenvalue weighted by molar-refractivity contribution is 8.00. The van der Waals surface area contributed by atoms with Crippen molar-refractivity contribution >= 4 is 17.7 Å². The molecular formula is C14H16N2OS. The Morgan fingerprint density at radius 1 is 1.39 bits per heavy atom. The number of benzene rings is 1. The first-order valence-electron chi connectivity index (χ1n) is 6.18. The Morgan fingerprint density at radius 2 is 2.17 bits per heavy atom. The largest absolute Gasteiger partial charge is 0.336 e. The van der Waals surface area contributed by atoms with E-state index in [0.717, 1.165) is 24.2 Å². The predicted molar refractivity (Wildman–Crippen MR) is 73.0 cm³/mol. The molecule has 4 heteroatoms. The molecular weight excluding hydrogens is 244 g/mol. The monoisotopic (exact) mass is 260 g/mol. The van der Waals surface area contributed by atoms with Crippen LogP contribution in [-0.2, 0) is 4.79 Å². The molecule has 1 aromatic carbocycles. The molecule has 0 spiro atoms. The maximum Gasteiger partial charge on any atom is 0.234 e.